The summed E-state index contributed by atoms with van der Waals surface area (Å²) in [7, 11) is 0. The summed E-state index contributed by atoms with van der Waals surface area (Å²) in [5.74, 6) is -1.28. The van der Waals surface area contributed by atoms with Gasteiger partial charge in [0.1, 0.15) is 11.3 Å². The van der Waals surface area contributed by atoms with Crippen molar-refractivity contribution in [2.24, 2.45) is 0 Å². The topological polar surface area (TPSA) is 75.6 Å². The van der Waals surface area contributed by atoms with E-state index in [1.165, 1.54) is 6.07 Å². The lowest BCUT2D eigenvalue weighted by Gasteiger charge is -2.14. The minimum absolute atomic E-state index is 0.0451. The number of aryl methyl sites for hydroxylation is 1. The van der Waals surface area contributed by atoms with E-state index in [1.54, 1.807) is 19.1 Å². The van der Waals surface area contributed by atoms with Gasteiger partial charge in [-0.2, -0.15) is 0 Å². The van der Waals surface area contributed by atoms with Crippen molar-refractivity contribution in [3.63, 3.8) is 0 Å². The van der Waals surface area contributed by atoms with Crippen LogP contribution in [0.3, 0.4) is 0 Å². The minimum Gasteiger partial charge on any atom is -0.507 e. The fraction of sp³-hybridized carbons (Fsp3) is 0.222. The van der Waals surface area contributed by atoms with Crippen molar-refractivity contribution in [3.05, 3.63) is 63.6 Å². The molecule has 0 radical (unpaired) electrons. The number of ether oxygens (including phenoxy) is 1. The summed E-state index contributed by atoms with van der Waals surface area (Å²) in [6.07, 6.45) is 0. The Balaban J connectivity index is 1.89. The minimum atomic E-state index is -0.734. The summed E-state index contributed by atoms with van der Waals surface area (Å²) in [6, 6.07) is 12.1. The van der Waals surface area contributed by atoms with Crippen molar-refractivity contribution >= 4 is 27.8 Å². The van der Waals surface area contributed by atoms with Crippen LogP contribution in [0.5, 0.6) is 5.75 Å². The second-order valence-electron chi connectivity index (χ2n) is 5.39. The standard InChI is InChI=1S/C18H18BrNO4/c1-11-4-3-5-15(17(11)22)18(23)24-10-16(21)20-12(2)13-6-8-14(19)9-7-13/h3-9,12,22H,10H2,1-2H3,(H,20,21)/t12-/m1/s1. The predicted molar refractivity (Wildman–Crippen MR) is 93.8 cm³/mol. The third-order valence-corrected chi connectivity index (χ3v) is 4.07. The fourth-order valence-electron chi connectivity index (χ4n) is 2.15. The van der Waals surface area contributed by atoms with Crippen LogP contribution in [0.4, 0.5) is 0 Å². The van der Waals surface area contributed by atoms with Gasteiger partial charge >= 0.3 is 5.97 Å². The Morgan fingerprint density at radius 1 is 1.21 bits per heavy atom. The van der Waals surface area contributed by atoms with Crippen molar-refractivity contribution in [2.45, 2.75) is 19.9 Å². The highest BCUT2D eigenvalue weighted by Gasteiger charge is 2.16. The van der Waals surface area contributed by atoms with Crippen LogP contribution < -0.4 is 5.32 Å². The van der Waals surface area contributed by atoms with E-state index in [0.29, 0.717) is 5.56 Å². The SMILES string of the molecule is Cc1cccc(C(=O)OCC(=O)N[C@H](C)c2ccc(Br)cc2)c1O. The van der Waals surface area contributed by atoms with Crippen LogP contribution in [-0.2, 0) is 9.53 Å². The number of nitrogens with one attached hydrogen (secondary N) is 1. The first-order valence-electron chi connectivity index (χ1n) is 7.39. The van der Waals surface area contributed by atoms with Gasteiger partial charge in [-0.05, 0) is 43.2 Å². The van der Waals surface area contributed by atoms with Crippen molar-refractivity contribution in [3.8, 4) is 5.75 Å². The molecule has 24 heavy (non-hydrogen) atoms. The molecule has 0 unspecified atom stereocenters. The van der Waals surface area contributed by atoms with Crippen LogP contribution in [0.2, 0.25) is 0 Å². The first-order chi connectivity index (χ1) is 11.4. The van der Waals surface area contributed by atoms with Crippen LogP contribution in [0, 0.1) is 6.92 Å². The molecule has 2 rings (SSSR count). The van der Waals surface area contributed by atoms with Crippen molar-refractivity contribution in [1.82, 2.24) is 5.32 Å². The molecule has 0 heterocycles. The molecule has 0 aromatic heterocycles. The zero-order valence-corrected chi connectivity index (χ0v) is 15.0. The van der Waals surface area contributed by atoms with Crippen molar-refractivity contribution in [2.75, 3.05) is 6.61 Å². The number of rotatable bonds is 5. The number of hydrogen-bond donors (Lipinski definition) is 2. The number of aromatic hydroxyl groups is 1. The summed E-state index contributed by atoms with van der Waals surface area (Å²) in [6.45, 7) is 3.11. The smallest absolute Gasteiger partial charge is 0.342 e. The predicted octanol–water partition coefficient (Wildman–Crippen LogP) is 3.50. The highest BCUT2D eigenvalue weighted by atomic mass is 79.9. The van der Waals surface area contributed by atoms with Gasteiger partial charge in [-0.1, -0.05) is 40.2 Å². The summed E-state index contributed by atoms with van der Waals surface area (Å²) >= 11 is 3.35. The van der Waals surface area contributed by atoms with E-state index in [2.05, 4.69) is 21.2 Å². The number of para-hydroxylation sites is 1. The average molecular weight is 392 g/mol. The number of amides is 1. The van der Waals surface area contributed by atoms with Crippen molar-refractivity contribution in [1.29, 1.82) is 0 Å². The van der Waals surface area contributed by atoms with Crippen LogP contribution in [0.1, 0.15) is 34.5 Å². The molecule has 0 saturated carbocycles. The highest BCUT2D eigenvalue weighted by Crippen LogP contribution is 2.22. The molecule has 1 amide bonds. The second-order valence-corrected chi connectivity index (χ2v) is 6.30. The maximum absolute atomic E-state index is 11.9. The maximum Gasteiger partial charge on any atom is 0.342 e. The van der Waals surface area contributed by atoms with Gasteiger partial charge in [0.15, 0.2) is 6.61 Å². The molecule has 2 N–H and O–H groups in total. The first kappa shape index (κ1) is 18.0. The zero-order valence-electron chi connectivity index (χ0n) is 13.4. The molecule has 0 aliphatic heterocycles. The number of carbonyl (C=O) groups is 2. The Morgan fingerprint density at radius 2 is 1.88 bits per heavy atom. The molecule has 2 aromatic carbocycles. The lowest BCUT2D eigenvalue weighted by atomic mass is 10.1. The summed E-state index contributed by atoms with van der Waals surface area (Å²) < 4.78 is 5.92. The second kappa shape index (κ2) is 7.97. The lowest BCUT2D eigenvalue weighted by Crippen LogP contribution is -2.31. The average Bonchev–Trinajstić information content (AvgIpc) is 2.55. The molecule has 2 aromatic rings. The van der Waals surface area contributed by atoms with E-state index in [0.717, 1.165) is 10.0 Å². The van der Waals surface area contributed by atoms with Gasteiger partial charge in [0, 0.05) is 4.47 Å². The van der Waals surface area contributed by atoms with Crippen LogP contribution >= 0.6 is 15.9 Å². The molecule has 0 bridgehead atoms. The van der Waals surface area contributed by atoms with E-state index in [1.807, 2.05) is 31.2 Å². The molecule has 6 heteroatoms. The first-order valence-corrected chi connectivity index (χ1v) is 8.18. The van der Waals surface area contributed by atoms with E-state index < -0.39 is 18.5 Å². The Morgan fingerprint density at radius 3 is 2.54 bits per heavy atom. The Hall–Kier alpha value is -2.34. The van der Waals surface area contributed by atoms with Gasteiger partial charge in [-0.15, -0.1) is 0 Å². The number of halogens is 1. The largest absolute Gasteiger partial charge is 0.507 e. The van der Waals surface area contributed by atoms with Gasteiger partial charge in [0.25, 0.3) is 5.91 Å². The van der Waals surface area contributed by atoms with Crippen LogP contribution in [0.15, 0.2) is 46.9 Å². The van der Waals surface area contributed by atoms with Gasteiger partial charge in [0.05, 0.1) is 6.04 Å². The van der Waals surface area contributed by atoms with Crippen molar-refractivity contribution < 1.29 is 19.4 Å². The van der Waals surface area contributed by atoms with E-state index in [-0.39, 0.29) is 17.4 Å². The summed E-state index contributed by atoms with van der Waals surface area (Å²) in [5.41, 5.74) is 1.55. The summed E-state index contributed by atoms with van der Waals surface area (Å²) in [5, 5.41) is 12.6. The van der Waals surface area contributed by atoms with Crippen LogP contribution in [-0.4, -0.2) is 23.6 Å². The van der Waals surface area contributed by atoms with Crippen LogP contribution in [0.25, 0.3) is 0 Å². The third kappa shape index (κ3) is 4.58. The molecule has 5 nitrogen and oxygen atoms in total. The Labute approximate surface area is 148 Å². The van der Waals surface area contributed by atoms with Gasteiger partial charge < -0.3 is 15.2 Å². The number of benzene rings is 2. The molecule has 126 valence electrons. The number of phenolic OH excluding ortho intramolecular Hbond substituents is 1. The fourth-order valence-corrected chi connectivity index (χ4v) is 2.41. The molecular weight excluding hydrogens is 374 g/mol. The molecule has 0 saturated heterocycles. The lowest BCUT2D eigenvalue weighted by molar-refractivity contribution is -0.124. The normalized spacial score (nSPS) is 11.6. The Bertz CT molecular complexity index is 743. The molecule has 0 aliphatic carbocycles. The van der Waals surface area contributed by atoms with Gasteiger partial charge in [-0.25, -0.2) is 4.79 Å². The summed E-state index contributed by atoms with van der Waals surface area (Å²) in [4.78, 5) is 23.9. The molecule has 1 atom stereocenters. The van der Waals surface area contributed by atoms with Gasteiger partial charge in [0.2, 0.25) is 0 Å². The quantitative estimate of drug-likeness (QED) is 0.764. The number of phenols is 1. The number of esters is 1. The highest BCUT2D eigenvalue weighted by molar-refractivity contribution is 9.10. The monoisotopic (exact) mass is 391 g/mol. The van der Waals surface area contributed by atoms with E-state index >= 15 is 0 Å². The van der Waals surface area contributed by atoms with E-state index in [4.69, 9.17) is 4.74 Å². The molecular formula is C18H18BrNO4. The number of carbonyl (C=O) groups excluding carboxylic acids is 2. The molecule has 0 aliphatic rings. The molecule has 0 fully saturated rings. The van der Waals surface area contributed by atoms with Gasteiger partial charge in [-0.3, -0.25) is 4.79 Å². The maximum atomic E-state index is 11.9. The van der Waals surface area contributed by atoms with E-state index in [9.17, 15) is 14.7 Å². The third-order valence-electron chi connectivity index (χ3n) is 3.54. The number of hydrogen-bond acceptors (Lipinski definition) is 4. The zero-order chi connectivity index (χ0) is 17.7. The molecule has 0 spiro atoms. The Kier molecular flexibility index (Phi) is 5.98.